The maximum atomic E-state index is 13.0. The van der Waals surface area contributed by atoms with Gasteiger partial charge in [0.2, 0.25) is 0 Å². The zero-order chi connectivity index (χ0) is 18.4. The monoisotopic (exact) mass is 372 g/mol. The van der Waals surface area contributed by atoms with Crippen molar-refractivity contribution in [2.75, 3.05) is 13.1 Å². The van der Waals surface area contributed by atoms with Crippen LogP contribution in [0.15, 0.2) is 30.3 Å². The minimum atomic E-state index is -4.69. The number of amides is 1. The van der Waals surface area contributed by atoms with E-state index >= 15 is 0 Å². The summed E-state index contributed by atoms with van der Waals surface area (Å²) in [5.74, 6) is -6.08. The van der Waals surface area contributed by atoms with E-state index in [1.165, 1.54) is 12.1 Å². The molecule has 132 valence electrons. The third kappa shape index (κ3) is 3.39. The Hall–Kier alpha value is -2.35. The highest BCUT2D eigenvalue weighted by Gasteiger charge is 2.53. The fourth-order valence-electron chi connectivity index (χ4n) is 2.92. The van der Waals surface area contributed by atoms with E-state index in [-0.39, 0.29) is 5.69 Å². The van der Waals surface area contributed by atoms with Gasteiger partial charge in [0.1, 0.15) is 5.69 Å². The number of halogens is 4. The van der Waals surface area contributed by atoms with Gasteiger partial charge in [-0.3, -0.25) is 9.59 Å². The number of aliphatic carboxylic acids is 1. The number of benzene rings is 1. The Kier molecular flexibility index (Phi) is 4.32. The molecule has 1 aliphatic rings. The first-order valence-corrected chi connectivity index (χ1v) is 7.69. The van der Waals surface area contributed by atoms with Crippen LogP contribution in [0.2, 0.25) is 5.02 Å². The number of hydrogen-bond acceptors (Lipinski definition) is 3. The number of nitrogens with zero attached hydrogens (tertiary/aromatic N) is 2. The van der Waals surface area contributed by atoms with Crippen molar-refractivity contribution in [3.05, 3.63) is 41.0 Å². The lowest BCUT2D eigenvalue weighted by Crippen LogP contribution is -2.34. The van der Waals surface area contributed by atoms with Crippen LogP contribution in [0, 0.1) is 11.8 Å². The third-order valence-corrected chi connectivity index (χ3v) is 4.45. The number of carbonyl (C=O) groups is 2. The smallest absolute Gasteiger partial charge is 0.394 e. The van der Waals surface area contributed by atoms with Crippen molar-refractivity contribution in [3.8, 4) is 0 Å². The van der Waals surface area contributed by atoms with Gasteiger partial charge in [0.25, 0.3) is 5.91 Å². The second-order valence-corrected chi connectivity index (χ2v) is 6.27. The quantitative estimate of drug-likeness (QED) is 0.878. The molecule has 1 N–H and O–H groups in total. The van der Waals surface area contributed by atoms with Gasteiger partial charge in [0, 0.05) is 23.5 Å². The lowest BCUT2D eigenvalue weighted by Gasteiger charge is -2.18. The average Bonchev–Trinajstić information content (AvgIpc) is 2.99. The zero-order valence-corrected chi connectivity index (χ0v) is 13.4. The molecule has 1 fully saturated rings. The van der Waals surface area contributed by atoms with Crippen molar-refractivity contribution < 1.29 is 27.9 Å². The maximum absolute atomic E-state index is 13.0. The summed E-state index contributed by atoms with van der Waals surface area (Å²) in [6.07, 6.45) is -4.69. The molecular formula is C16H12ClF3N2O3. The number of alkyl halides is 3. The number of rotatable bonds is 2. The number of carboxylic acid groups (broad SMARTS) is 1. The molecule has 2 atom stereocenters. The fraction of sp³-hybridized carbons (Fsp3) is 0.312. The molecule has 5 nitrogen and oxygen atoms in total. The molecule has 0 bridgehead atoms. The summed E-state index contributed by atoms with van der Waals surface area (Å²) >= 11 is 5.88. The molecule has 0 spiro atoms. The van der Waals surface area contributed by atoms with Gasteiger partial charge >= 0.3 is 12.1 Å². The van der Waals surface area contributed by atoms with Gasteiger partial charge < -0.3 is 10.0 Å². The number of pyridine rings is 1. The Morgan fingerprint density at radius 3 is 2.48 bits per heavy atom. The van der Waals surface area contributed by atoms with Crippen LogP contribution in [0.4, 0.5) is 13.2 Å². The molecule has 0 radical (unpaired) electrons. The van der Waals surface area contributed by atoms with Gasteiger partial charge in [-0.05, 0) is 18.2 Å². The first-order chi connectivity index (χ1) is 11.7. The Labute approximate surface area is 145 Å². The molecule has 1 aromatic carbocycles. The van der Waals surface area contributed by atoms with Crippen molar-refractivity contribution in [1.82, 2.24) is 9.88 Å². The van der Waals surface area contributed by atoms with E-state index in [1.807, 2.05) is 0 Å². The van der Waals surface area contributed by atoms with Crippen LogP contribution < -0.4 is 0 Å². The van der Waals surface area contributed by atoms with Gasteiger partial charge in [-0.25, -0.2) is 4.98 Å². The van der Waals surface area contributed by atoms with Crippen molar-refractivity contribution in [3.63, 3.8) is 0 Å². The van der Waals surface area contributed by atoms with Gasteiger partial charge in [-0.2, -0.15) is 13.2 Å². The molecule has 9 heteroatoms. The average molecular weight is 373 g/mol. The Balaban J connectivity index is 1.89. The SMILES string of the molecule is O=C(O)[C@@H]1CN(C(=O)c2ccc3ccc(Cl)cc3n2)C[C@H]1C(F)(F)F. The Bertz CT molecular complexity index is 856. The van der Waals surface area contributed by atoms with E-state index in [0.717, 1.165) is 10.3 Å². The van der Waals surface area contributed by atoms with Gasteiger partial charge in [0.15, 0.2) is 0 Å². The van der Waals surface area contributed by atoms with E-state index in [2.05, 4.69) is 4.98 Å². The number of fused-ring (bicyclic) bond motifs is 1. The summed E-state index contributed by atoms with van der Waals surface area (Å²) in [5, 5.41) is 10.2. The molecule has 1 amide bonds. The minimum absolute atomic E-state index is 0.0540. The largest absolute Gasteiger partial charge is 0.481 e. The highest BCUT2D eigenvalue weighted by atomic mass is 35.5. The summed E-state index contributed by atoms with van der Waals surface area (Å²) in [5.41, 5.74) is 0.376. The van der Waals surface area contributed by atoms with E-state index in [9.17, 15) is 22.8 Å². The maximum Gasteiger partial charge on any atom is 0.394 e. The first kappa shape index (κ1) is 17.5. The van der Waals surface area contributed by atoms with Crippen molar-refractivity contribution in [1.29, 1.82) is 0 Å². The molecule has 1 aromatic heterocycles. The van der Waals surface area contributed by atoms with Crippen LogP contribution >= 0.6 is 11.6 Å². The molecular weight excluding hydrogens is 361 g/mol. The zero-order valence-electron chi connectivity index (χ0n) is 12.6. The molecule has 1 aliphatic heterocycles. The summed E-state index contributed by atoms with van der Waals surface area (Å²) < 4.78 is 39.1. The standard InChI is InChI=1S/C16H12ClF3N2O3/c17-9-3-1-8-2-4-12(21-13(8)5-9)14(23)22-6-10(15(24)25)11(7-22)16(18,19)20/h1-5,10-11H,6-7H2,(H,24,25)/t10-,11-/m1/s1. The molecule has 3 rings (SSSR count). The molecule has 25 heavy (non-hydrogen) atoms. The lowest BCUT2D eigenvalue weighted by atomic mass is 9.96. The van der Waals surface area contributed by atoms with Crippen LogP contribution in [-0.4, -0.2) is 46.1 Å². The summed E-state index contributed by atoms with van der Waals surface area (Å²) in [6, 6.07) is 7.90. The van der Waals surface area contributed by atoms with Crippen LogP contribution in [0.5, 0.6) is 0 Å². The van der Waals surface area contributed by atoms with Crippen LogP contribution in [0.1, 0.15) is 10.5 Å². The van der Waals surface area contributed by atoms with E-state index < -0.39 is 43.0 Å². The first-order valence-electron chi connectivity index (χ1n) is 7.32. The number of carboxylic acids is 1. The van der Waals surface area contributed by atoms with E-state index in [1.54, 1.807) is 18.2 Å². The molecule has 2 heterocycles. The Morgan fingerprint density at radius 1 is 1.20 bits per heavy atom. The summed E-state index contributed by atoms with van der Waals surface area (Å²) in [4.78, 5) is 28.6. The second-order valence-electron chi connectivity index (χ2n) is 5.84. The van der Waals surface area contributed by atoms with Crippen molar-refractivity contribution in [2.24, 2.45) is 11.8 Å². The highest BCUT2D eigenvalue weighted by molar-refractivity contribution is 6.31. The van der Waals surface area contributed by atoms with Crippen LogP contribution in [-0.2, 0) is 4.79 Å². The normalized spacial score (nSPS) is 20.9. The summed E-state index contributed by atoms with van der Waals surface area (Å²) in [7, 11) is 0. The van der Waals surface area contributed by atoms with Crippen LogP contribution in [0.25, 0.3) is 10.9 Å². The van der Waals surface area contributed by atoms with E-state index in [4.69, 9.17) is 16.7 Å². The predicted molar refractivity (Wildman–Crippen MR) is 83.3 cm³/mol. The van der Waals surface area contributed by atoms with E-state index in [0.29, 0.717) is 10.5 Å². The number of carbonyl (C=O) groups excluding carboxylic acids is 1. The van der Waals surface area contributed by atoms with Crippen molar-refractivity contribution >= 4 is 34.4 Å². The third-order valence-electron chi connectivity index (χ3n) is 4.22. The Morgan fingerprint density at radius 2 is 1.88 bits per heavy atom. The topological polar surface area (TPSA) is 70.5 Å². The van der Waals surface area contributed by atoms with Crippen molar-refractivity contribution in [2.45, 2.75) is 6.18 Å². The van der Waals surface area contributed by atoms with Gasteiger partial charge in [0.05, 0.1) is 17.4 Å². The molecule has 0 unspecified atom stereocenters. The minimum Gasteiger partial charge on any atom is -0.481 e. The highest BCUT2D eigenvalue weighted by Crippen LogP contribution is 2.38. The molecule has 0 saturated carbocycles. The second kappa shape index (κ2) is 6.18. The van der Waals surface area contributed by atoms with Gasteiger partial charge in [-0.15, -0.1) is 0 Å². The molecule has 1 saturated heterocycles. The predicted octanol–water partition coefficient (Wildman–Crippen LogP) is 3.22. The fourth-order valence-corrected chi connectivity index (χ4v) is 3.09. The van der Waals surface area contributed by atoms with Gasteiger partial charge in [-0.1, -0.05) is 23.7 Å². The lowest BCUT2D eigenvalue weighted by molar-refractivity contribution is -0.187. The molecule has 2 aromatic rings. The van der Waals surface area contributed by atoms with Crippen LogP contribution in [0.3, 0.4) is 0 Å². The summed E-state index contributed by atoms with van der Waals surface area (Å²) in [6.45, 7) is -1.21. The molecule has 0 aliphatic carbocycles. The number of hydrogen-bond donors (Lipinski definition) is 1. The number of aromatic nitrogens is 1. The number of likely N-dealkylation sites (tertiary alicyclic amines) is 1.